The molecule has 1 fully saturated rings. The van der Waals surface area contributed by atoms with Crippen molar-refractivity contribution in [2.45, 2.75) is 33.1 Å². The number of amides is 2. The second kappa shape index (κ2) is 10.4. The highest BCUT2D eigenvalue weighted by Gasteiger charge is 2.31. The summed E-state index contributed by atoms with van der Waals surface area (Å²) in [4.78, 5) is 27.3. The van der Waals surface area contributed by atoms with Crippen LogP contribution in [0, 0.1) is 18.8 Å². The fourth-order valence-electron chi connectivity index (χ4n) is 3.96. The van der Waals surface area contributed by atoms with Gasteiger partial charge < -0.3 is 15.0 Å². The van der Waals surface area contributed by atoms with Gasteiger partial charge in [0, 0.05) is 45.5 Å². The third kappa shape index (κ3) is 5.27. The molecular formula is C23H32N4O3. The number of hydrogen-bond donors (Lipinski definition) is 1. The van der Waals surface area contributed by atoms with Crippen LogP contribution in [-0.2, 0) is 9.53 Å². The first-order chi connectivity index (χ1) is 14.5. The molecule has 2 heterocycles. The van der Waals surface area contributed by atoms with Crippen LogP contribution in [0.4, 0.5) is 0 Å². The highest BCUT2D eigenvalue weighted by atomic mass is 16.5. The van der Waals surface area contributed by atoms with Gasteiger partial charge in [0.25, 0.3) is 5.91 Å². The van der Waals surface area contributed by atoms with E-state index in [9.17, 15) is 9.59 Å². The van der Waals surface area contributed by atoms with Crippen LogP contribution in [0.1, 0.15) is 42.2 Å². The number of nitrogens with one attached hydrogen (secondary N) is 1. The van der Waals surface area contributed by atoms with E-state index < -0.39 is 0 Å². The van der Waals surface area contributed by atoms with Crippen LogP contribution in [0.2, 0.25) is 0 Å². The fourth-order valence-corrected chi connectivity index (χ4v) is 3.96. The average Bonchev–Trinajstić information content (AvgIpc) is 3.18. The molecule has 7 nitrogen and oxygen atoms in total. The number of ether oxygens (including phenoxy) is 1. The van der Waals surface area contributed by atoms with Crippen molar-refractivity contribution in [3.05, 3.63) is 47.8 Å². The van der Waals surface area contributed by atoms with E-state index in [4.69, 9.17) is 4.74 Å². The van der Waals surface area contributed by atoms with Gasteiger partial charge in [-0.3, -0.25) is 9.59 Å². The Morgan fingerprint density at radius 1 is 1.23 bits per heavy atom. The average molecular weight is 413 g/mol. The molecule has 1 N–H and O–H groups in total. The van der Waals surface area contributed by atoms with Gasteiger partial charge in [0.05, 0.1) is 16.9 Å². The van der Waals surface area contributed by atoms with Gasteiger partial charge in [-0.1, -0.05) is 25.1 Å². The topological polar surface area (TPSA) is 76.5 Å². The maximum absolute atomic E-state index is 13.1. The first-order valence-electron chi connectivity index (χ1n) is 10.7. The number of rotatable bonds is 8. The van der Waals surface area contributed by atoms with Crippen molar-refractivity contribution in [1.82, 2.24) is 20.0 Å². The van der Waals surface area contributed by atoms with Gasteiger partial charge in [0.2, 0.25) is 5.91 Å². The Labute approximate surface area is 178 Å². The second-order valence-corrected chi connectivity index (χ2v) is 7.96. The second-order valence-electron chi connectivity index (χ2n) is 7.96. The standard InChI is InChI=1S/C23H32N4O3/c1-17(22(28)24-12-7-15-30-3)19-10-13-26(14-11-19)23(29)21-16-27(25-18(21)2)20-8-5-4-6-9-20/h4-6,8-9,16-17,19H,7,10-15H2,1-3H3,(H,24,28)/t17-/m0/s1. The molecule has 162 valence electrons. The normalized spacial score (nSPS) is 15.8. The van der Waals surface area contributed by atoms with Crippen LogP contribution in [0.5, 0.6) is 0 Å². The number of carbonyl (C=O) groups excluding carboxylic acids is 2. The number of methoxy groups -OCH3 is 1. The van der Waals surface area contributed by atoms with Crippen LogP contribution in [0.3, 0.4) is 0 Å². The number of piperidine rings is 1. The Hall–Kier alpha value is -2.67. The first-order valence-corrected chi connectivity index (χ1v) is 10.7. The number of aromatic nitrogens is 2. The van der Waals surface area contributed by atoms with Crippen molar-refractivity contribution >= 4 is 11.8 Å². The first kappa shape index (κ1) is 22.0. The van der Waals surface area contributed by atoms with E-state index in [2.05, 4.69) is 10.4 Å². The molecule has 1 aromatic carbocycles. The summed E-state index contributed by atoms with van der Waals surface area (Å²) in [5.74, 6) is 0.359. The van der Waals surface area contributed by atoms with Gasteiger partial charge in [0.15, 0.2) is 0 Å². The zero-order valence-electron chi connectivity index (χ0n) is 18.1. The minimum Gasteiger partial charge on any atom is -0.385 e. The highest BCUT2D eigenvalue weighted by molar-refractivity contribution is 5.95. The van der Waals surface area contributed by atoms with E-state index in [0.717, 1.165) is 30.6 Å². The maximum Gasteiger partial charge on any atom is 0.257 e. The largest absolute Gasteiger partial charge is 0.385 e. The van der Waals surface area contributed by atoms with Gasteiger partial charge in [-0.2, -0.15) is 5.10 Å². The monoisotopic (exact) mass is 412 g/mol. The smallest absolute Gasteiger partial charge is 0.257 e. The summed E-state index contributed by atoms with van der Waals surface area (Å²) in [6.07, 6.45) is 4.31. The molecule has 0 spiro atoms. The van der Waals surface area contributed by atoms with Crippen LogP contribution in [-0.4, -0.2) is 59.8 Å². The van der Waals surface area contributed by atoms with Crippen molar-refractivity contribution in [2.24, 2.45) is 11.8 Å². The van der Waals surface area contributed by atoms with Crippen LogP contribution in [0.15, 0.2) is 36.5 Å². The fraction of sp³-hybridized carbons (Fsp3) is 0.522. The Morgan fingerprint density at radius 2 is 1.93 bits per heavy atom. The van der Waals surface area contributed by atoms with Crippen molar-refractivity contribution in [3.63, 3.8) is 0 Å². The molecule has 0 aliphatic carbocycles. The lowest BCUT2D eigenvalue weighted by atomic mass is 9.84. The summed E-state index contributed by atoms with van der Waals surface area (Å²) >= 11 is 0. The quantitative estimate of drug-likeness (QED) is 0.677. The molecule has 30 heavy (non-hydrogen) atoms. The molecule has 0 radical (unpaired) electrons. The number of aryl methyl sites for hydroxylation is 1. The van der Waals surface area contributed by atoms with E-state index in [1.807, 2.05) is 55.3 Å². The minimum absolute atomic E-state index is 0.0183. The Morgan fingerprint density at radius 3 is 2.60 bits per heavy atom. The van der Waals surface area contributed by atoms with Crippen molar-refractivity contribution in [3.8, 4) is 5.69 Å². The molecular weight excluding hydrogens is 380 g/mol. The van der Waals surface area contributed by atoms with Crippen molar-refractivity contribution in [2.75, 3.05) is 33.4 Å². The van der Waals surface area contributed by atoms with Crippen LogP contribution >= 0.6 is 0 Å². The summed E-state index contributed by atoms with van der Waals surface area (Å²) in [6, 6.07) is 9.79. The lowest BCUT2D eigenvalue weighted by Gasteiger charge is -2.34. The molecule has 1 atom stereocenters. The number of para-hydroxylation sites is 1. The SMILES string of the molecule is COCCCNC(=O)[C@@H](C)C1CCN(C(=O)c2cn(-c3ccccc3)nc2C)CC1. The lowest BCUT2D eigenvalue weighted by molar-refractivity contribution is -0.126. The molecule has 1 saturated heterocycles. The van der Waals surface area contributed by atoms with Gasteiger partial charge in [-0.25, -0.2) is 4.68 Å². The van der Waals surface area contributed by atoms with E-state index in [1.165, 1.54) is 0 Å². The lowest BCUT2D eigenvalue weighted by Crippen LogP contribution is -2.43. The molecule has 2 amide bonds. The third-order valence-electron chi connectivity index (χ3n) is 5.92. The maximum atomic E-state index is 13.1. The summed E-state index contributed by atoms with van der Waals surface area (Å²) in [5, 5.41) is 7.50. The Balaban J connectivity index is 1.54. The predicted molar refractivity (Wildman–Crippen MR) is 116 cm³/mol. The number of carbonyl (C=O) groups is 2. The molecule has 7 heteroatoms. The van der Waals surface area contributed by atoms with Crippen molar-refractivity contribution < 1.29 is 14.3 Å². The molecule has 3 rings (SSSR count). The Bertz CT molecular complexity index is 841. The summed E-state index contributed by atoms with van der Waals surface area (Å²) in [7, 11) is 1.66. The summed E-state index contributed by atoms with van der Waals surface area (Å²) < 4.78 is 6.77. The van der Waals surface area contributed by atoms with Gasteiger partial charge in [0.1, 0.15) is 0 Å². The van der Waals surface area contributed by atoms with E-state index in [0.29, 0.717) is 37.7 Å². The molecule has 0 unspecified atom stereocenters. The highest BCUT2D eigenvalue weighted by Crippen LogP contribution is 2.26. The third-order valence-corrected chi connectivity index (χ3v) is 5.92. The van der Waals surface area contributed by atoms with E-state index in [-0.39, 0.29) is 17.7 Å². The molecule has 1 aliphatic heterocycles. The minimum atomic E-state index is -0.0487. The number of hydrogen-bond acceptors (Lipinski definition) is 4. The zero-order chi connectivity index (χ0) is 21.5. The molecule has 1 aromatic heterocycles. The van der Waals surface area contributed by atoms with E-state index >= 15 is 0 Å². The number of benzene rings is 1. The van der Waals surface area contributed by atoms with Crippen molar-refractivity contribution in [1.29, 1.82) is 0 Å². The summed E-state index contributed by atoms with van der Waals surface area (Å²) in [6.45, 7) is 6.48. The van der Waals surface area contributed by atoms with Gasteiger partial charge >= 0.3 is 0 Å². The van der Waals surface area contributed by atoms with E-state index in [1.54, 1.807) is 11.8 Å². The Kier molecular flexibility index (Phi) is 7.63. The molecule has 0 saturated carbocycles. The van der Waals surface area contributed by atoms with Gasteiger partial charge in [-0.15, -0.1) is 0 Å². The number of likely N-dealkylation sites (tertiary alicyclic amines) is 1. The summed E-state index contributed by atoms with van der Waals surface area (Å²) in [5.41, 5.74) is 2.31. The predicted octanol–water partition coefficient (Wildman–Crippen LogP) is 2.82. The molecule has 1 aliphatic rings. The van der Waals surface area contributed by atoms with Crippen LogP contribution < -0.4 is 5.32 Å². The number of nitrogens with zero attached hydrogens (tertiary/aromatic N) is 3. The van der Waals surface area contributed by atoms with Crippen LogP contribution in [0.25, 0.3) is 5.69 Å². The molecule has 0 bridgehead atoms. The van der Waals surface area contributed by atoms with Gasteiger partial charge in [-0.05, 0) is 44.2 Å². The zero-order valence-corrected chi connectivity index (χ0v) is 18.1. The molecule has 2 aromatic rings.